The summed E-state index contributed by atoms with van der Waals surface area (Å²) in [4.78, 5) is 94.8. The number of rotatable bonds is 22. The predicted octanol–water partition coefficient (Wildman–Crippen LogP) is 1.34. The predicted molar refractivity (Wildman–Crippen MR) is 247 cm³/mol. The molecular formula is C46H56N12O7. The number of carbonyl (C=O) groups excluding carboxylic acids is 5. The number of para-hydroxylation sites is 3. The molecule has 5 atom stereocenters. The van der Waals surface area contributed by atoms with E-state index in [1.807, 2.05) is 72.8 Å². The third-order valence-corrected chi connectivity index (χ3v) is 11.2. The number of aliphatic carboxylic acids is 1. The summed E-state index contributed by atoms with van der Waals surface area (Å²) in [6.45, 7) is 3.10. The Morgan fingerprint density at radius 3 is 1.52 bits per heavy atom. The zero-order valence-electron chi connectivity index (χ0n) is 36.2. The van der Waals surface area contributed by atoms with Crippen LogP contribution in [0.3, 0.4) is 0 Å². The van der Waals surface area contributed by atoms with Gasteiger partial charge >= 0.3 is 5.97 Å². The first kappa shape index (κ1) is 46.8. The lowest BCUT2D eigenvalue weighted by molar-refractivity contribution is -0.142. The van der Waals surface area contributed by atoms with Gasteiger partial charge in [0.1, 0.15) is 24.2 Å². The summed E-state index contributed by atoms with van der Waals surface area (Å²) in [5.41, 5.74) is 21.7. The maximum atomic E-state index is 14.6. The number of aliphatic imine (C=N–C) groups is 1. The first-order chi connectivity index (χ1) is 31.2. The Balaban J connectivity index is 1.19. The molecule has 19 nitrogen and oxygen atoms in total. The van der Waals surface area contributed by atoms with Crippen molar-refractivity contribution in [1.82, 2.24) is 41.5 Å². The second-order valence-corrected chi connectivity index (χ2v) is 16.3. The lowest BCUT2D eigenvalue weighted by Gasteiger charge is -2.27. The first-order valence-electron chi connectivity index (χ1n) is 21.3. The van der Waals surface area contributed by atoms with E-state index < -0.39 is 78.2 Å². The highest BCUT2D eigenvalue weighted by molar-refractivity contribution is 5.97. The number of nitrogens with zero attached hydrogens (tertiary/aromatic N) is 1. The molecule has 0 spiro atoms. The van der Waals surface area contributed by atoms with Crippen LogP contribution in [0.25, 0.3) is 32.7 Å². The number of fused-ring (bicyclic) bond motifs is 3. The summed E-state index contributed by atoms with van der Waals surface area (Å²) < 4.78 is 0. The molecule has 342 valence electrons. The van der Waals surface area contributed by atoms with Gasteiger partial charge in [0.2, 0.25) is 29.5 Å². The van der Waals surface area contributed by atoms with Gasteiger partial charge in [-0.1, -0.05) is 68.4 Å². The standard InChI is InChI=1S/C46H56N12O7/c1-25(2)40(58-39(59)24-54-41(60)32(47)18-26-21-51-33-13-6-3-10-29(26)33)44(63)57-38(20-28-23-53-35-15-8-5-12-31(28)35)43(62)56-37(19-27-22-52-34-14-7-4-11-30(27)34)42(61)55-36(45(64)65)16-9-17-50-46(48)49/h3-8,10-15,21-23,25,32,36-38,40,51-53H,9,16-20,24,47H2,1-2H3,(H,54,60)(H,55,61)(H,56,62)(H,57,63)(H,58,59)(H,64,65)(H4,48,49,50)/t32-,36-,37-,38-,40-/m0/s1. The fourth-order valence-corrected chi connectivity index (χ4v) is 7.71. The number of amides is 5. The van der Waals surface area contributed by atoms with E-state index in [1.54, 1.807) is 32.4 Å². The van der Waals surface area contributed by atoms with Crippen molar-refractivity contribution in [3.8, 4) is 0 Å². The van der Waals surface area contributed by atoms with Crippen molar-refractivity contribution >= 4 is 74.2 Å². The number of nitrogens with two attached hydrogens (primary N) is 3. The van der Waals surface area contributed by atoms with Gasteiger partial charge in [0, 0.05) is 70.7 Å². The van der Waals surface area contributed by atoms with E-state index in [4.69, 9.17) is 17.2 Å². The smallest absolute Gasteiger partial charge is 0.326 e. The van der Waals surface area contributed by atoms with Crippen LogP contribution in [0.4, 0.5) is 0 Å². The number of benzene rings is 3. The Morgan fingerprint density at radius 1 is 0.615 bits per heavy atom. The number of nitrogens with one attached hydrogen (secondary N) is 8. The monoisotopic (exact) mass is 888 g/mol. The third kappa shape index (κ3) is 12.3. The SMILES string of the molecule is CC(C)[C@H](NC(=O)CNC(=O)[C@@H](N)Cc1c[nH]c2ccccc12)C(=O)N[C@@H](Cc1c[nH]c2ccccc12)C(=O)N[C@@H](Cc1c[nH]c2ccccc12)C(=O)N[C@@H](CCCN=C(N)N)C(=O)O. The number of guanidine groups is 1. The molecule has 19 heteroatoms. The van der Waals surface area contributed by atoms with Crippen molar-refractivity contribution < 1.29 is 33.9 Å². The number of hydrogen-bond donors (Lipinski definition) is 12. The number of aromatic amines is 3. The summed E-state index contributed by atoms with van der Waals surface area (Å²) >= 11 is 0. The van der Waals surface area contributed by atoms with Crippen LogP contribution < -0.4 is 43.8 Å². The van der Waals surface area contributed by atoms with Gasteiger partial charge in [-0.2, -0.15) is 0 Å². The average Bonchev–Trinajstić information content (AvgIpc) is 4.02. The van der Waals surface area contributed by atoms with Crippen molar-refractivity contribution in [2.24, 2.45) is 28.1 Å². The molecule has 0 saturated heterocycles. The van der Waals surface area contributed by atoms with Gasteiger partial charge < -0.3 is 63.8 Å². The van der Waals surface area contributed by atoms with Crippen molar-refractivity contribution in [3.63, 3.8) is 0 Å². The number of aromatic nitrogens is 3. The number of carbonyl (C=O) groups is 6. The Morgan fingerprint density at radius 2 is 1.06 bits per heavy atom. The highest BCUT2D eigenvalue weighted by Crippen LogP contribution is 2.22. The van der Waals surface area contributed by atoms with Crippen LogP contribution in [0, 0.1) is 5.92 Å². The molecule has 0 radical (unpaired) electrons. The molecule has 0 aliphatic carbocycles. The molecule has 6 rings (SSSR count). The molecule has 6 aromatic rings. The van der Waals surface area contributed by atoms with Crippen molar-refractivity contribution in [2.75, 3.05) is 13.1 Å². The zero-order chi connectivity index (χ0) is 46.6. The van der Waals surface area contributed by atoms with E-state index in [-0.39, 0.29) is 44.6 Å². The minimum Gasteiger partial charge on any atom is -0.480 e. The van der Waals surface area contributed by atoms with E-state index in [0.717, 1.165) is 38.3 Å². The normalized spacial score (nSPS) is 13.7. The van der Waals surface area contributed by atoms with E-state index >= 15 is 0 Å². The van der Waals surface area contributed by atoms with Crippen molar-refractivity contribution in [1.29, 1.82) is 0 Å². The Bertz CT molecular complexity index is 2680. The van der Waals surface area contributed by atoms with Gasteiger partial charge in [-0.05, 0) is 60.1 Å². The quantitative estimate of drug-likeness (QED) is 0.0264. The molecule has 15 N–H and O–H groups in total. The van der Waals surface area contributed by atoms with Crippen LogP contribution >= 0.6 is 0 Å². The molecule has 3 aromatic carbocycles. The third-order valence-electron chi connectivity index (χ3n) is 11.2. The van der Waals surface area contributed by atoms with Crippen LogP contribution in [0.1, 0.15) is 43.4 Å². The van der Waals surface area contributed by atoms with Gasteiger partial charge in [-0.25, -0.2) is 4.79 Å². The molecule has 0 fully saturated rings. The van der Waals surface area contributed by atoms with E-state index in [0.29, 0.717) is 11.1 Å². The molecule has 3 aromatic heterocycles. The maximum absolute atomic E-state index is 14.6. The van der Waals surface area contributed by atoms with Gasteiger partial charge in [-0.3, -0.25) is 29.0 Å². The maximum Gasteiger partial charge on any atom is 0.326 e. The summed E-state index contributed by atoms with van der Waals surface area (Å²) in [6.07, 6.45) is 5.60. The Kier molecular flexibility index (Phi) is 15.6. The summed E-state index contributed by atoms with van der Waals surface area (Å²) in [5, 5.41) is 26.0. The number of carboxylic acid groups (broad SMARTS) is 1. The lowest BCUT2D eigenvalue weighted by atomic mass is 9.99. The molecular weight excluding hydrogens is 833 g/mol. The van der Waals surface area contributed by atoms with Crippen LogP contribution in [0.2, 0.25) is 0 Å². The minimum atomic E-state index is -1.34. The molecule has 0 aliphatic rings. The van der Waals surface area contributed by atoms with Gasteiger partial charge in [0.15, 0.2) is 5.96 Å². The Labute approximate surface area is 374 Å². The van der Waals surface area contributed by atoms with Crippen molar-refractivity contribution in [3.05, 3.63) is 108 Å². The van der Waals surface area contributed by atoms with Gasteiger partial charge in [0.25, 0.3) is 0 Å². The fraction of sp³-hybridized carbons (Fsp3) is 0.326. The van der Waals surface area contributed by atoms with Crippen LogP contribution in [-0.2, 0) is 48.0 Å². The zero-order valence-corrected chi connectivity index (χ0v) is 36.2. The largest absolute Gasteiger partial charge is 0.480 e. The van der Waals surface area contributed by atoms with E-state index in [2.05, 4.69) is 46.5 Å². The molecule has 65 heavy (non-hydrogen) atoms. The molecule has 0 bridgehead atoms. The highest BCUT2D eigenvalue weighted by Gasteiger charge is 2.33. The number of H-pyrrole nitrogens is 3. The molecule has 0 unspecified atom stereocenters. The first-order valence-corrected chi connectivity index (χ1v) is 21.3. The number of carboxylic acids is 1. The molecule has 5 amide bonds. The minimum absolute atomic E-state index is 0.00530. The Hall–Kier alpha value is -7.67. The van der Waals surface area contributed by atoms with E-state index in [9.17, 15) is 33.9 Å². The van der Waals surface area contributed by atoms with Gasteiger partial charge in [0.05, 0.1) is 12.6 Å². The van der Waals surface area contributed by atoms with Gasteiger partial charge in [-0.15, -0.1) is 0 Å². The lowest BCUT2D eigenvalue weighted by Crippen LogP contribution is -2.59. The van der Waals surface area contributed by atoms with Crippen LogP contribution in [0.5, 0.6) is 0 Å². The van der Waals surface area contributed by atoms with Crippen molar-refractivity contribution in [2.45, 2.75) is 76.2 Å². The molecule has 0 aliphatic heterocycles. The summed E-state index contributed by atoms with van der Waals surface area (Å²) in [5.74, 6) is -5.35. The fourth-order valence-electron chi connectivity index (χ4n) is 7.71. The van der Waals surface area contributed by atoms with Crippen LogP contribution in [0.15, 0.2) is 96.4 Å². The number of hydrogen-bond acceptors (Lipinski definition) is 8. The van der Waals surface area contributed by atoms with E-state index in [1.165, 1.54) is 0 Å². The second kappa shape index (κ2) is 21.6. The molecule has 0 saturated carbocycles. The highest BCUT2D eigenvalue weighted by atomic mass is 16.4. The molecule has 3 heterocycles. The summed E-state index contributed by atoms with van der Waals surface area (Å²) in [6, 6.07) is 16.4. The van der Waals surface area contributed by atoms with Crippen LogP contribution in [-0.4, -0.2) is 105 Å². The second-order valence-electron chi connectivity index (χ2n) is 16.3. The summed E-state index contributed by atoms with van der Waals surface area (Å²) in [7, 11) is 0. The average molecular weight is 889 g/mol. The topological polar surface area (TPSA) is 321 Å².